The Labute approximate surface area is 97.1 Å². The number of carbonyl (C=O) groups excluding carboxylic acids is 1. The quantitative estimate of drug-likeness (QED) is 0.562. The molecule has 1 fully saturated rings. The van der Waals surface area contributed by atoms with Gasteiger partial charge >= 0.3 is 0 Å². The minimum Gasteiger partial charge on any atom is -0.405 e. The number of hydrogen-bond donors (Lipinski definition) is 2. The lowest BCUT2D eigenvalue weighted by atomic mass is 9.95. The largest absolute Gasteiger partial charge is 0.405 e. The molecular weight excluding hydrogens is 200 g/mol. The van der Waals surface area contributed by atoms with Crippen LogP contribution in [0.15, 0.2) is 36.6 Å². The van der Waals surface area contributed by atoms with Crippen LogP contribution >= 0.6 is 0 Å². The minimum atomic E-state index is -0.0556. The molecule has 0 aromatic carbocycles. The van der Waals surface area contributed by atoms with Crippen molar-refractivity contribution in [2.24, 2.45) is 5.73 Å². The Morgan fingerprint density at radius 1 is 1.31 bits per heavy atom. The van der Waals surface area contributed by atoms with Gasteiger partial charge in [0.25, 0.3) is 5.91 Å². The third-order valence-electron chi connectivity index (χ3n) is 2.81. The third kappa shape index (κ3) is 3.93. The number of allylic oxidation sites excluding steroid dienone is 2. The molecule has 0 saturated heterocycles. The van der Waals surface area contributed by atoms with Crippen molar-refractivity contribution in [1.29, 1.82) is 0 Å². The number of rotatable bonds is 4. The molecule has 0 aliphatic heterocycles. The van der Waals surface area contributed by atoms with Crippen LogP contribution in [0, 0.1) is 0 Å². The van der Waals surface area contributed by atoms with Gasteiger partial charge < -0.3 is 11.1 Å². The summed E-state index contributed by atoms with van der Waals surface area (Å²) in [4.78, 5) is 11.8. The maximum atomic E-state index is 11.8. The fourth-order valence-corrected chi connectivity index (χ4v) is 1.91. The van der Waals surface area contributed by atoms with Crippen LogP contribution in [0.5, 0.6) is 0 Å². The maximum absolute atomic E-state index is 11.8. The molecule has 0 spiro atoms. The molecule has 3 N–H and O–H groups in total. The van der Waals surface area contributed by atoms with E-state index in [1.54, 1.807) is 18.2 Å². The average molecular weight is 220 g/mol. The van der Waals surface area contributed by atoms with Gasteiger partial charge in [-0.05, 0) is 31.2 Å². The molecule has 1 saturated carbocycles. The summed E-state index contributed by atoms with van der Waals surface area (Å²) in [7, 11) is 0. The molecule has 0 aromatic heterocycles. The van der Waals surface area contributed by atoms with Crippen LogP contribution in [0.2, 0.25) is 0 Å². The number of nitrogens with one attached hydrogen (secondary N) is 1. The van der Waals surface area contributed by atoms with Gasteiger partial charge in [-0.1, -0.05) is 31.9 Å². The molecule has 1 amide bonds. The lowest BCUT2D eigenvalue weighted by Crippen LogP contribution is -2.36. The van der Waals surface area contributed by atoms with Gasteiger partial charge in [0.1, 0.15) is 0 Å². The molecule has 0 aromatic rings. The molecule has 3 nitrogen and oxygen atoms in total. The second-order valence-corrected chi connectivity index (χ2v) is 4.02. The summed E-state index contributed by atoms with van der Waals surface area (Å²) in [5, 5.41) is 3.03. The van der Waals surface area contributed by atoms with Crippen LogP contribution in [-0.2, 0) is 4.79 Å². The van der Waals surface area contributed by atoms with E-state index < -0.39 is 0 Å². The van der Waals surface area contributed by atoms with Gasteiger partial charge in [0.15, 0.2) is 0 Å². The first kappa shape index (κ1) is 12.6. The molecule has 0 radical (unpaired) electrons. The lowest BCUT2D eigenvalue weighted by molar-refractivity contribution is -0.118. The predicted octanol–water partition coefficient (Wildman–Crippen LogP) is 2.02. The van der Waals surface area contributed by atoms with Crippen molar-refractivity contribution in [2.45, 2.75) is 38.1 Å². The van der Waals surface area contributed by atoms with Gasteiger partial charge in [-0.2, -0.15) is 0 Å². The monoisotopic (exact) mass is 220 g/mol. The molecule has 1 aliphatic rings. The van der Waals surface area contributed by atoms with E-state index in [-0.39, 0.29) is 5.91 Å². The average Bonchev–Trinajstić information content (AvgIpc) is 2.31. The standard InChI is InChI=1S/C13H20N2O/c1-2-11(7-6-10-14)13(16)15-12-8-4-3-5-9-12/h2,6-7,10,12H,1,3-5,8-9,14H2,(H,15,16)/b10-6+,11-7+. The van der Waals surface area contributed by atoms with E-state index in [0.717, 1.165) is 12.8 Å². The SMILES string of the molecule is C=C/C(=C\C=C\N)C(=O)NC1CCCCC1. The van der Waals surface area contributed by atoms with E-state index in [0.29, 0.717) is 11.6 Å². The molecule has 0 atom stereocenters. The van der Waals surface area contributed by atoms with Crippen molar-refractivity contribution >= 4 is 5.91 Å². The van der Waals surface area contributed by atoms with E-state index >= 15 is 0 Å². The topological polar surface area (TPSA) is 55.1 Å². The molecule has 1 aliphatic carbocycles. The zero-order chi connectivity index (χ0) is 11.8. The van der Waals surface area contributed by atoms with Crippen molar-refractivity contribution in [1.82, 2.24) is 5.32 Å². The molecule has 1 rings (SSSR count). The van der Waals surface area contributed by atoms with Crippen molar-refractivity contribution < 1.29 is 4.79 Å². The Hall–Kier alpha value is -1.51. The smallest absolute Gasteiger partial charge is 0.251 e. The van der Waals surface area contributed by atoms with E-state index in [1.807, 2.05) is 0 Å². The number of carbonyl (C=O) groups is 1. The van der Waals surface area contributed by atoms with Gasteiger partial charge in [0.05, 0.1) is 0 Å². The van der Waals surface area contributed by atoms with Crippen LogP contribution in [0.25, 0.3) is 0 Å². The van der Waals surface area contributed by atoms with Crippen molar-refractivity contribution in [2.75, 3.05) is 0 Å². The van der Waals surface area contributed by atoms with Crippen molar-refractivity contribution in [3.05, 3.63) is 36.6 Å². The van der Waals surface area contributed by atoms with Gasteiger partial charge in [0, 0.05) is 11.6 Å². The van der Waals surface area contributed by atoms with Gasteiger partial charge in [-0.25, -0.2) is 0 Å². The van der Waals surface area contributed by atoms with E-state index in [2.05, 4.69) is 11.9 Å². The molecule has 0 unspecified atom stereocenters. The maximum Gasteiger partial charge on any atom is 0.251 e. The second kappa shape index (κ2) is 6.88. The first-order valence-corrected chi connectivity index (χ1v) is 5.79. The number of amides is 1. The highest BCUT2D eigenvalue weighted by Crippen LogP contribution is 2.17. The van der Waals surface area contributed by atoms with E-state index in [4.69, 9.17) is 5.73 Å². The Morgan fingerprint density at radius 2 is 2.00 bits per heavy atom. The normalized spacial score (nSPS) is 18.6. The van der Waals surface area contributed by atoms with Gasteiger partial charge in [-0.3, -0.25) is 4.79 Å². The number of hydrogen-bond acceptors (Lipinski definition) is 2. The summed E-state index contributed by atoms with van der Waals surface area (Å²) >= 11 is 0. The summed E-state index contributed by atoms with van der Waals surface area (Å²) in [6.45, 7) is 3.62. The first-order valence-electron chi connectivity index (χ1n) is 5.79. The summed E-state index contributed by atoms with van der Waals surface area (Å²) in [6, 6.07) is 0.325. The first-order chi connectivity index (χ1) is 7.77. The van der Waals surface area contributed by atoms with Crippen LogP contribution < -0.4 is 11.1 Å². The van der Waals surface area contributed by atoms with Gasteiger partial charge in [0.2, 0.25) is 0 Å². The predicted molar refractivity (Wildman–Crippen MR) is 66.6 cm³/mol. The highest BCUT2D eigenvalue weighted by atomic mass is 16.1. The molecule has 0 bridgehead atoms. The Bertz CT molecular complexity index is 299. The fourth-order valence-electron chi connectivity index (χ4n) is 1.91. The zero-order valence-corrected chi connectivity index (χ0v) is 9.61. The Morgan fingerprint density at radius 3 is 2.56 bits per heavy atom. The molecule has 88 valence electrons. The highest BCUT2D eigenvalue weighted by Gasteiger charge is 2.16. The van der Waals surface area contributed by atoms with Crippen molar-refractivity contribution in [3.63, 3.8) is 0 Å². The third-order valence-corrected chi connectivity index (χ3v) is 2.81. The zero-order valence-electron chi connectivity index (χ0n) is 9.61. The van der Waals surface area contributed by atoms with Crippen LogP contribution in [0.4, 0.5) is 0 Å². The lowest BCUT2D eigenvalue weighted by Gasteiger charge is -2.22. The molecule has 3 heteroatoms. The minimum absolute atomic E-state index is 0.0556. The summed E-state index contributed by atoms with van der Waals surface area (Å²) in [5.41, 5.74) is 5.79. The Kier molecular flexibility index (Phi) is 5.40. The summed E-state index contributed by atoms with van der Waals surface area (Å²) in [5.74, 6) is -0.0556. The highest BCUT2D eigenvalue weighted by molar-refractivity contribution is 5.96. The van der Waals surface area contributed by atoms with Gasteiger partial charge in [-0.15, -0.1) is 0 Å². The molecule has 16 heavy (non-hydrogen) atoms. The van der Waals surface area contributed by atoms with Crippen LogP contribution in [-0.4, -0.2) is 11.9 Å². The summed E-state index contributed by atoms with van der Waals surface area (Å²) < 4.78 is 0. The Balaban J connectivity index is 2.51. The fraction of sp³-hybridized carbons (Fsp3) is 0.462. The number of nitrogens with two attached hydrogens (primary N) is 1. The molecule has 0 heterocycles. The van der Waals surface area contributed by atoms with Crippen LogP contribution in [0.1, 0.15) is 32.1 Å². The van der Waals surface area contributed by atoms with Crippen molar-refractivity contribution in [3.8, 4) is 0 Å². The van der Waals surface area contributed by atoms with Crippen LogP contribution in [0.3, 0.4) is 0 Å². The second-order valence-electron chi connectivity index (χ2n) is 4.02. The molecular formula is C13H20N2O. The summed E-state index contributed by atoms with van der Waals surface area (Å²) in [6.07, 6.45) is 12.1. The van der Waals surface area contributed by atoms with E-state index in [9.17, 15) is 4.79 Å². The van der Waals surface area contributed by atoms with E-state index in [1.165, 1.54) is 25.5 Å².